The molecule has 9 heteroatoms. The second-order valence-corrected chi connectivity index (χ2v) is 8.73. The fraction of sp³-hybridized carbons (Fsp3) is 0.375. The maximum atomic E-state index is 13.3. The molecule has 1 fully saturated rings. The monoisotopic (exact) mass is 404 g/mol. The van der Waals surface area contributed by atoms with Crippen LogP contribution < -0.4 is 19.9 Å². The number of primary amides is 1. The van der Waals surface area contributed by atoms with E-state index in [0.717, 1.165) is 30.3 Å². The van der Waals surface area contributed by atoms with Crippen molar-refractivity contribution in [2.24, 2.45) is 5.73 Å². The van der Waals surface area contributed by atoms with Gasteiger partial charge < -0.3 is 0 Å². The van der Waals surface area contributed by atoms with Crippen LogP contribution in [-0.4, -0.2) is 49.5 Å². The molecule has 25 heavy (non-hydrogen) atoms. The molecule has 1 saturated heterocycles. The number of piperidine rings is 1. The van der Waals surface area contributed by atoms with Crippen molar-refractivity contribution in [3.63, 3.8) is 0 Å². The molecule has 1 unspecified atom stereocenters. The summed E-state index contributed by atoms with van der Waals surface area (Å²) in [4.78, 5) is 15.4. The number of aromatic nitrogens is 3. The van der Waals surface area contributed by atoms with Crippen LogP contribution in [-0.2, 0) is 5.54 Å². The quantitative estimate of drug-likeness (QED) is 0.486. The van der Waals surface area contributed by atoms with Gasteiger partial charge in [-0.15, -0.1) is 0 Å². The van der Waals surface area contributed by atoms with Gasteiger partial charge >= 0.3 is 151 Å². The van der Waals surface area contributed by atoms with E-state index >= 15 is 0 Å². The van der Waals surface area contributed by atoms with Gasteiger partial charge in [-0.1, -0.05) is 0 Å². The second kappa shape index (κ2) is 7.34. The molecule has 0 radical (unpaired) electrons. The van der Waals surface area contributed by atoms with Gasteiger partial charge in [0, 0.05) is 0 Å². The molecule has 3 rings (SSSR count). The summed E-state index contributed by atoms with van der Waals surface area (Å²) in [5.74, 6) is -1.11. The molecule has 3 heterocycles. The third-order valence-corrected chi connectivity index (χ3v) is 6.93. The Morgan fingerprint density at radius 3 is 2.92 bits per heavy atom. The van der Waals surface area contributed by atoms with Gasteiger partial charge in [-0.05, 0) is 0 Å². The van der Waals surface area contributed by atoms with Crippen LogP contribution in [0, 0.1) is 17.3 Å². The third-order valence-electron chi connectivity index (χ3n) is 4.40. The van der Waals surface area contributed by atoms with Gasteiger partial charge in [-0.2, -0.15) is 0 Å². The molecule has 0 bridgehead atoms. The number of carbonyl (C=O) groups is 1. The number of hydrogen-bond donors (Lipinski definition) is 2. The van der Waals surface area contributed by atoms with Crippen molar-refractivity contribution < 1.29 is 9.18 Å². The molecule has 1 aliphatic rings. The normalized spacial score (nSPS) is 16.8. The molecule has 0 aliphatic carbocycles. The molecular formula is C16H18AsFN6O. The summed E-state index contributed by atoms with van der Waals surface area (Å²) >= 11 is -1.05. The SMILES string of the molecule is N#CCC1(n2cc(C(N)=O)c([AsH]c3ccnc(F)c3)n2)CCNCC1. The predicted octanol–water partition coefficient (Wildman–Crippen LogP) is -1.10. The Labute approximate surface area is 151 Å². The molecule has 130 valence electrons. The number of nitrogens with two attached hydrogens (primary N) is 1. The zero-order chi connectivity index (χ0) is 17.9. The van der Waals surface area contributed by atoms with Crippen molar-refractivity contribution in [1.29, 1.82) is 5.26 Å². The Morgan fingerprint density at radius 2 is 2.28 bits per heavy atom. The van der Waals surface area contributed by atoms with E-state index in [9.17, 15) is 14.4 Å². The van der Waals surface area contributed by atoms with Crippen LogP contribution in [0.1, 0.15) is 29.6 Å². The van der Waals surface area contributed by atoms with Crippen LogP contribution in [0.5, 0.6) is 0 Å². The van der Waals surface area contributed by atoms with Gasteiger partial charge in [0.2, 0.25) is 0 Å². The summed E-state index contributed by atoms with van der Waals surface area (Å²) in [5.41, 5.74) is 5.44. The van der Waals surface area contributed by atoms with Crippen molar-refractivity contribution in [2.75, 3.05) is 13.1 Å². The van der Waals surface area contributed by atoms with E-state index in [0.29, 0.717) is 16.5 Å². The van der Waals surface area contributed by atoms with Crippen molar-refractivity contribution in [3.8, 4) is 6.07 Å². The van der Waals surface area contributed by atoms with Crippen molar-refractivity contribution >= 4 is 30.5 Å². The Balaban J connectivity index is 1.99. The Morgan fingerprint density at radius 1 is 1.52 bits per heavy atom. The predicted molar refractivity (Wildman–Crippen MR) is 91.7 cm³/mol. The summed E-state index contributed by atoms with van der Waals surface area (Å²) < 4.78 is 16.5. The van der Waals surface area contributed by atoms with E-state index in [1.807, 2.05) is 0 Å². The van der Waals surface area contributed by atoms with Crippen LogP contribution in [0.4, 0.5) is 4.39 Å². The van der Waals surface area contributed by atoms with Crippen LogP contribution in [0.2, 0.25) is 0 Å². The minimum absolute atomic E-state index is 0.317. The third kappa shape index (κ3) is 3.73. The van der Waals surface area contributed by atoms with Gasteiger partial charge in [0.05, 0.1) is 0 Å². The Kier molecular flexibility index (Phi) is 5.16. The number of hydrogen-bond acceptors (Lipinski definition) is 5. The zero-order valence-corrected chi connectivity index (χ0v) is 15.6. The zero-order valence-electron chi connectivity index (χ0n) is 13.5. The first-order chi connectivity index (χ1) is 12.0. The fourth-order valence-electron chi connectivity index (χ4n) is 3.03. The van der Waals surface area contributed by atoms with Gasteiger partial charge in [-0.25, -0.2) is 0 Å². The van der Waals surface area contributed by atoms with Crippen LogP contribution >= 0.6 is 0 Å². The van der Waals surface area contributed by atoms with Gasteiger partial charge in [0.15, 0.2) is 0 Å². The number of rotatable bonds is 5. The molecule has 3 N–H and O–H groups in total. The van der Waals surface area contributed by atoms with Crippen LogP contribution in [0.25, 0.3) is 0 Å². The van der Waals surface area contributed by atoms with Gasteiger partial charge in [0.25, 0.3) is 0 Å². The van der Waals surface area contributed by atoms with E-state index < -0.39 is 33.1 Å². The average molecular weight is 404 g/mol. The molecule has 0 aromatic carbocycles. The first-order valence-corrected chi connectivity index (χ1v) is 10.0. The molecule has 2 aromatic heterocycles. The van der Waals surface area contributed by atoms with E-state index in [1.165, 1.54) is 12.3 Å². The molecule has 0 spiro atoms. The standard InChI is InChI=1S/C16H18AsFN6O/c18-13-9-11(1-6-22-13)17-14-12(15(20)25)10-24(23-14)16(2-5-19)3-7-21-8-4-16/h1,6,9-10,17,21H,2-4,7-8H2,(H2,20,25). The number of amides is 1. The summed E-state index contributed by atoms with van der Waals surface area (Å²) in [6.45, 7) is 1.57. The fourth-order valence-corrected chi connectivity index (χ4v) is 5.35. The topological polar surface area (TPSA) is 110 Å². The van der Waals surface area contributed by atoms with Crippen molar-refractivity contribution in [2.45, 2.75) is 24.8 Å². The Bertz CT molecular complexity index is 824. The minimum atomic E-state index is -1.05. The number of halogens is 1. The molecule has 1 amide bonds. The number of nitrogens with one attached hydrogen (secondary N) is 1. The summed E-state index contributed by atoms with van der Waals surface area (Å²) in [5, 5.41) is 17.1. The maximum absolute atomic E-state index is 13.3. The van der Waals surface area contributed by atoms with Crippen molar-refractivity contribution in [1.82, 2.24) is 20.1 Å². The summed E-state index contributed by atoms with van der Waals surface area (Å²) in [7, 11) is 0. The molecular weight excluding hydrogens is 386 g/mol. The van der Waals surface area contributed by atoms with Crippen LogP contribution in [0.15, 0.2) is 24.5 Å². The van der Waals surface area contributed by atoms with Gasteiger partial charge in [-0.3, -0.25) is 0 Å². The number of nitriles is 1. The van der Waals surface area contributed by atoms with Crippen LogP contribution in [0.3, 0.4) is 0 Å². The summed E-state index contributed by atoms with van der Waals surface area (Å²) in [6.07, 6.45) is 4.88. The second-order valence-electron chi connectivity index (χ2n) is 6.00. The van der Waals surface area contributed by atoms with Crippen molar-refractivity contribution in [3.05, 3.63) is 36.0 Å². The van der Waals surface area contributed by atoms with E-state index in [2.05, 4.69) is 21.5 Å². The van der Waals surface area contributed by atoms with Gasteiger partial charge in [0.1, 0.15) is 0 Å². The molecule has 7 nitrogen and oxygen atoms in total. The number of pyridine rings is 1. The molecule has 1 atom stereocenters. The van der Waals surface area contributed by atoms with E-state index in [1.54, 1.807) is 16.9 Å². The first kappa shape index (κ1) is 17.6. The molecule has 1 aliphatic heterocycles. The van der Waals surface area contributed by atoms with E-state index in [4.69, 9.17) is 5.73 Å². The molecule has 0 saturated carbocycles. The molecule has 2 aromatic rings. The number of nitrogens with zero attached hydrogens (tertiary/aromatic N) is 4. The van der Waals surface area contributed by atoms with E-state index in [-0.39, 0.29) is 0 Å². The summed E-state index contributed by atoms with van der Waals surface area (Å²) in [6, 6.07) is 5.32. The first-order valence-electron chi connectivity index (χ1n) is 7.90. The average Bonchev–Trinajstić information content (AvgIpc) is 3.01. The Hall–Kier alpha value is -2.23. The number of carbonyl (C=O) groups excluding carboxylic acids is 1.